The van der Waals surface area contributed by atoms with E-state index < -0.39 is 5.60 Å². The predicted octanol–water partition coefficient (Wildman–Crippen LogP) is 1.49. The minimum atomic E-state index is -0.531. The quantitative estimate of drug-likeness (QED) is 0.598. The fourth-order valence-corrected chi connectivity index (χ4v) is 1.35. The van der Waals surface area contributed by atoms with Gasteiger partial charge < -0.3 is 10.4 Å². The first-order chi connectivity index (χ1) is 5.62. The van der Waals surface area contributed by atoms with E-state index in [0.717, 1.165) is 18.7 Å². The van der Waals surface area contributed by atoms with E-state index in [2.05, 4.69) is 12.2 Å². The van der Waals surface area contributed by atoms with Crippen LogP contribution in [0.1, 0.15) is 27.2 Å². The van der Waals surface area contributed by atoms with E-state index in [1.54, 1.807) is 0 Å². The second-order valence-corrected chi connectivity index (χ2v) is 4.62. The molecule has 0 aromatic heterocycles. The minimum Gasteiger partial charge on any atom is -0.389 e. The molecule has 0 amide bonds. The summed E-state index contributed by atoms with van der Waals surface area (Å²) in [7, 11) is 0. The maximum Gasteiger partial charge on any atom is 0.0740 e. The number of hydrogen-bond donors (Lipinski definition) is 2. The molecule has 0 rings (SSSR count). The fraction of sp³-hybridized carbons (Fsp3) is 1.00. The van der Waals surface area contributed by atoms with Crippen LogP contribution in [-0.4, -0.2) is 35.3 Å². The SMILES string of the molecule is CCSCCNCC(C)(O)CC. The molecule has 0 spiro atoms. The van der Waals surface area contributed by atoms with E-state index in [1.807, 2.05) is 25.6 Å². The van der Waals surface area contributed by atoms with Crippen molar-refractivity contribution in [2.45, 2.75) is 32.8 Å². The van der Waals surface area contributed by atoms with Crippen molar-refractivity contribution in [1.29, 1.82) is 0 Å². The first-order valence-electron chi connectivity index (χ1n) is 4.63. The lowest BCUT2D eigenvalue weighted by Crippen LogP contribution is -2.37. The molecule has 0 radical (unpaired) electrons. The van der Waals surface area contributed by atoms with E-state index >= 15 is 0 Å². The minimum absolute atomic E-state index is 0.531. The fourth-order valence-electron chi connectivity index (χ4n) is 0.771. The number of nitrogens with one attached hydrogen (secondary N) is 1. The number of thioether (sulfide) groups is 1. The highest BCUT2D eigenvalue weighted by molar-refractivity contribution is 7.99. The molecule has 0 saturated heterocycles. The molecular formula is C9H21NOS. The molecule has 0 aromatic carbocycles. The van der Waals surface area contributed by atoms with Crippen molar-refractivity contribution in [1.82, 2.24) is 5.32 Å². The molecule has 1 unspecified atom stereocenters. The van der Waals surface area contributed by atoms with Crippen LogP contribution in [-0.2, 0) is 0 Å². The van der Waals surface area contributed by atoms with Gasteiger partial charge in [-0.05, 0) is 19.1 Å². The summed E-state index contributed by atoms with van der Waals surface area (Å²) in [6, 6.07) is 0. The standard InChI is InChI=1S/C9H21NOS/c1-4-9(3,11)8-10-6-7-12-5-2/h10-11H,4-8H2,1-3H3. The molecular weight excluding hydrogens is 170 g/mol. The lowest BCUT2D eigenvalue weighted by atomic mass is 10.0. The average Bonchev–Trinajstić information content (AvgIpc) is 2.04. The molecule has 2 nitrogen and oxygen atoms in total. The van der Waals surface area contributed by atoms with Gasteiger partial charge in [0.05, 0.1) is 5.60 Å². The molecule has 2 N–H and O–H groups in total. The third-order valence-corrected chi connectivity index (χ3v) is 2.80. The molecule has 0 aromatic rings. The van der Waals surface area contributed by atoms with E-state index in [4.69, 9.17) is 0 Å². The van der Waals surface area contributed by atoms with Gasteiger partial charge in [0.1, 0.15) is 0 Å². The largest absolute Gasteiger partial charge is 0.389 e. The van der Waals surface area contributed by atoms with Crippen LogP contribution in [0.4, 0.5) is 0 Å². The molecule has 3 heteroatoms. The van der Waals surface area contributed by atoms with E-state index in [1.165, 1.54) is 5.75 Å². The summed E-state index contributed by atoms with van der Waals surface area (Å²) in [6.07, 6.45) is 0.806. The van der Waals surface area contributed by atoms with Crippen molar-refractivity contribution in [3.8, 4) is 0 Å². The molecule has 74 valence electrons. The predicted molar refractivity (Wildman–Crippen MR) is 56.8 cm³/mol. The Morgan fingerprint density at radius 2 is 2.08 bits per heavy atom. The van der Waals surface area contributed by atoms with E-state index in [0.29, 0.717) is 6.54 Å². The summed E-state index contributed by atoms with van der Waals surface area (Å²) in [5.41, 5.74) is -0.531. The third-order valence-electron chi connectivity index (χ3n) is 1.89. The summed E-state index contributed by atoms with van der Waals surface area (Å²) in [5, 5.41) is 12.9. The maximum atomic E-state index is 9.61. The topological polar surface area (TPSA) is 32.3 Å². The average molecular weight is 191 g/mol. The maximum absolute atomic E-state index is 9.61. The zero-order valence-electron chi connectivity index (χ0n) is 8.39. The zero-order chi connectivity index (χ0) is 9.45. The number of aliphatic hydroxyl groups is 1. The van der Waals surface area contributed by atoms with Gasteiger partial charge in [-0.1, -0.05) is 13.8 Å². The highest BCUT2D eigenvalue weighted by Gasteiger charge is 2.15. The molecule has 1 atom stereocenters. The van der Waals surface area contributed by atoms with Crippen LogP contribution in [0.3, 0.4) is 0 Å². The first-order valence-corrected chi connectivity index (χ1v) is 5.78. The van der Waals surface area contributed by atoms with Crippen LogP contribution in [0.15, 0.2) is 0 Å². The lowest BCUT2D eigenvalue weighted by Gasteiger charge is -2.21. The van der Waals surface area contributed by atoms with Gasteiger partial charge in [0.2, 0.25) is 0 Å². The summed E-state index contributed by atoms with van der Waals surface area (Å²) >= 11 is 1.92. The molecule has 0 aliphatic carbocycles. The Bertz CT molecular complexity index is 107. The van der Waals surface area contributed by atoms with Gasteiger partial charge in [0.25, 0.3) is 0 Å². The van der Waals surface area contributed by atoms with Crippen molar-refractivity contribution >= 4 is 11.8 Å². The molecule has 0 aliphatic heterocycles. The van der Waals surface area contributed by atoms with Gasteiger partial charge in [0.15, 0.2) is 0 Å². The lowest BCUT2D eigenvalue weighted by molar-refractivity contribution is 0.0565. The van der Waals surface area contributed by atoms with Crippen molar-refractivity contribution in [3.05, 3.63) is 0 Å². The monoisotopic (exact) mass is 191 g/mol. The van der Waals surface area contributed by atoms with Gasteiger partial charge >= 0.3 is 0 Å². The molecule has 12 heavy (non-hydrogen) atoms. The van der Waals surface area contributed by atoms with Crippen molar-refractivity contribution < 1.29 is 5.11 Å². The van der Waals surface area contributed by atoms with E-state index in [-0.39, 0.29) is 0 Å². The summed E-state index contributed by atoms with van der Waals surface area (Å²) in [5.74, 6) is 2.31. The third kappa shape index (κ3) is 6.95. The van der Waals surface area contributed by atoms with Gasteiger partial charge in [-0.2, -0.15) is 11.8 Å². The van der Waals surface area contributed by atoms with Gasteiger partial charge in [0, 0.05) is 18.8 Å². The highest BCUT2D eigenvalue weighted by atomic mass is 32.2. The molecule has 0 heterocycles. The molecule has 0 aliphatic rings. The van der Waals surface area contributed by atoms with Gasteiger partial charge in [-0.3, -0.25) is 0 Å². The van der Waals surface area contributed by atoms with Crippen LogP contribution in [0.25, 0.3) is 0 Å². The van der Waals surface area contributed by atoms with E-state index in [9.17, 15) is 5.11 Å². The van der Waals surface area contributed by atoms with Crippen LogP contribution in [0.5, 0.6) is 0 Å². The Balaban J connectivity index is 3.19. The van der Waals surface area contributed by atoms with Crippen molar-refractivity contribution in [3.63, 3.8) is 0 Å². The van der Waals surface area contributed by atoms with Crippen molar-refractivity contribution in [2.24, 2.45) is 0 Å². The Morgan fingerprint density at radius 1 is 1.42 bits per heavy atom. The Kier molecular flexibility index (Phi) is 6.90. The second-order valence-electron chi connectivity index (χ2n) is 3.22. The second kappa shape index (κ2) is 6.75. The molecule has 0 bridgehead atoms. The highest BCUT2D eigenvalue weighted by Crippen LogP contribution is 2.05. The molecule has 0 fully saturated rings. The zero-order valence-corrected chi connectivity index (χ0v) is 9.21. The number of rotatable bonds is 7. The number of hydrogen-bond acceptors (Lipinski definition) is 3. The van der Waals surface area contributed by atoms with Crippen LogP contribution in [0, 0.1) is 0 Å². The van der Waals surface area contributed by atoms with Crippen LogP contribution < -0.4 is 5.32 Å². The van der Waals surface area contributed by atoms with Gasteiger partial charge in [-0.15, -0.1) is 0 Å². The Hall–Kier alpha value is 0.270. The first kappa shape index (κ1) is 12.3. The van der Waals surface area contributed by atoms with Crippen LogP contribution in [0.2, 0.25) is 0 Å². The smallest absolute Gasteiger partial charge is 0.0740 e. The Labute approximate surface area is 80.1 Å². The Morgan fingerprint density at radius 3 is 2.58 bits per heavy atom. The summed E-state index contributed by atoms with van der Waals surface area (Å²) in [4.78, 5) is 0. The van der Waals surface area contributed by atoms with Crippen molar-refractivity contribution in [2.75, 3.05) is 24.6 Å². The van der Waals surface area contributed by atoms with Gasteiger partial charge in [-0.25, -0.2) is 0 Å². The summed E-state index contributed by atoms with van der Waals surface area (Å²) in [6.45, 7) is 7.73. The summed E-state index contributed by atoms with van der Waals surface area (Å²) < 4.78 is 0. The van der Waals surface area contributed by atoms with Crippen LogP contribution >= 0.6 is 11.8 Å². The molecule has 0 saturated carbocycles. The normalized spacial score (nSPS) is 16.0.